The SMILES string of the molecule is Cc1cc(C2CCCO2)oc(=O)c1C(=O)NCc1ccc(N2CCCC2=O)cc1. The van der Waals surface area contributed by atoms with E-state index in [1.807, 2.05) is 24.3 Å². The summed E-state index contributed by atoms with van der Waals surface area (Å²) in [6.07, 6.45) is 3.00. The molecule has 1 unspecified atom stereocenters. The highest BCUT2D eigenvalue weighted by molar-refractivity contribution is 5.95. The summed E-state index contributed by atoms with van der Waals surface area (Å²) < 4.78 is 10.9. The minimum atomic E-state index is -0.643. The molecule has 0 saturated carbocycles. The van der Waals surface area contributed by atoms with Gasteiger partial charge in [-0.1, -0.05) is 12.1 Å². The molecule has 0 spiro atoms. The summed E-state index contributed by atoms with van der Waals surface area (Å²) in [4.78, 5) is 38.5. The van der Waals surface area contributed by atoms with Crippen LogP contribution in [0.3, 0.4) is 0 Å². The fraction of sp³-hybridized carbons (Fsp3) is 0.409. The van der Waals surface area contributed by atoms with E-state index in [1.54, 1.807) is 17.9 Å². The van der Waals surface area contributed by atoms with Crippen molar-refractivity contribution in [3.8, 4) is 0 Å². The van der Waals surface area contributed by atoms with E-state index >= 15 is 0 Å². The topological polar surface area (TPSA) is 88.8 Å². The molecule has 2 fully saturated rings. The van der Waals surface area contributed by atoms with Crippen molar-refractivity contribution in [1.29, 1.82) is 0 Å². The van der Waals surface area contributed by atoms with Gasteiger partial charge in [0.05, 0.1) is 0 Å². The van der Waals surface area contributed by atoms with Crippen molar-refractivity contribution in [1.82, 2.24) is 5.32 Å². The van der Waals surface area contributed by atoms with Crippen molar-refractivity contribution in [3.63, 3.8) is 0 Å². The Morgan fingerprint density at radius 3 is 2.62 bits per heavy atom. The van der Waals surface area contributed by atoms with Crippen LogP contribution in [0.15, 0.2) is 39.5 Å². The van der Waals surface area contributed by atoms with Gasteiger partial charge in [-0.25, -0.2) is 4.79 Å². The summed E-state index contributed by atoms with van der Waals surface area (Å²) in [5.74, 6) is 0.155. The normalized spacial score (nSPS) is 19.0. The van der Waals surface area contributed by atoms with Crippen LogP contribution in [0, 0.1) is 6.92 Å². The molecular weight excluding hydrogens is 372 g/mol. The van der Waals surface area contributed by atoms with Crippen LogP contribution in [0.5, 0.6) is 0 Å². The number of hydrogen-bond acceptors (Lipinski definition) is 5. The zero-order chi connectivity index (χ0) is 20.4. The van der Waals surface area contributed by atoms with E-state index < -0.39 is 11.5 Å². The molecule has 2 aliphatic heterocycles. The summed E-state index contributed by atoms with van der Waals surface area (Å²) in [5, 5.41) is 2.77. The third-order valence-corrected chi connectivity index (χ3v) is 5.42. The highest BCUT2D eigenvalue weighted by atomic mass is 16.5. The number of amides is 2. The number of nitrogens with zero attached hydrogens (tertiary/aromatic N) is 1. The molecule has 2 aliphatic rings. The molecule has 1 N–H and O–H groups in total. The van der Waals surface area contributed by atoms with Gasteiger partial charge in [0, 0.05) is 31.8 Å². The smallest absolute Gasteiger partial charge is 0.349 e. The van der Waals surface area contributed by atoms with Crippen LogP contribution in [-0.4, -0.2) is 25.0 Å². The molecule has 2 saturated heterocycles. The Labute approximate surface area is 168 Å². The average molecular weight is 396 g/mol. The third-order valence-electron chi connectivity index (χ3n) is 5.42. The number of anilines is 1. The Morgan fingerprint density at radius 1 is 1.21 bits per heavy atom. The van der Waals surface area contributed by atoms with Gasteiger partial charge < -0.3 is 19.4 Å². The first kappa shape index (κ1) is 19.4. The van der Waals surface area contributed by atoms with Crippen LogP contribution >= 0.6 is 0 Å². The number of benzene rings is 1. The number of hydrogen-bond donors (Lipinski definition) is 1. The van der Waals surface area contributed by atoms with Crippen LogP contribution in [0.1, 0.15) is 59.0 Å². The molecule has 7 heteroatoms. The van der Waals surface area contributed by atoms with Crippen LogP contribution in [-0.2, 0) is 16.1 Å². The zero-order valence-electron chi connectivity index (χ0n) is 16.4. The highest BCUT2D eigenvalue weighted by Crippen LogP contribution is 2.28. The van der Waals surface area contributed by atoms with Gasteiger partial charge in [0.25, 0.3) is 5.91 Å². The first-order chi connectivity index (χ1) is 14.0. The summed E-state index contributed by atoms with van der Waals surface area (Å²) in [5.41, 5.74) is 1.70. The Morgan fingerprint density at radius 2 is 2.00 bits per heavy atom. The Hall–Kier alpha value is -2.93. The van der Waals surface area contributed by atoms with Crippen molar-refractivity contribution in [2.45, 2.75) is 45.3 Å². The number of aryl methyl sites for hydroxylation is 1. The maximum atomic E-state index is 12.6. The molecule has 1 aromatic carbocycles. The van der Waals surface area contributed by atoms with Crippen LogP contribution in [0.25, 0.3) is 0 Å². The molecule has 0 aliphatic carbocycles. The summed E-state index contributed by atoms with van der Waals surface area (Å²) >= 11 is 0. The zero-order valence-corrected chi connectivity index (χ0v) is 16.4. The Bertz CT molecular complexity index is 974. The Balaban J connectivity index is 1.42. The van der Waals surface area contributed by atoms with Gasteiger partial charge in [-0.2, -0.15) is 0 Å². The van der Waals surface area contributed by atoms with Crippen LogP contribution < -0.4 is 15.8 Å². The van der Waals surface area contributed by atoms with E-state index in [-0.39, 0.29) is 24.1 Å². The van der Waals surface area contributed by atoms with E-state index in [0.29, 0.717) is 24.4 Å². The van der Waals surface area contributed by atoms with Crippen LogP contribution in [0.4, 0.5) is 5.69 Å². The fourth-order valence-electron chi connectivity index (χ4n) is 3.85. The second-order valence-electron chi connectivity index (χ2n) is 7.49. The number of carbonyl (C=O) groups excluding carboxylic acids is 2. The fourth-order valence-corrected chi connectivity index (χ4v) is 3.85. The second-order valence-corrected chi connectivity index (χ2v) is 7.49. The van der Waals surface area contributed by atoms with E-state index in [0.717, 1.165) is 37.1 Å². The molecule has 1 atom stereocenters. The number of ether oxygens (including phenoxy) is 1. The van der Waals surface area contributed by atoms with Crippen molar-refractivity contribution >= 4 is 17.5 Å². The summed E-state index contributed by atoms with van der Waals surface area (Å²) in [6.45, 7) is 3.40. The molecule has 2 amide bonds. The van der Waals surface area contributed by atoms with Gasteiger partial charge in [0.2, 0.25) is 5.91 Å². The molecule has 2 aromatic rings. The van der Waals surface area contributed by atoms with Crippen molar-refractivity contribution in [2.24, 2.45) is 0 Å². The van der Waals surface area contributed by atoms with E-state index in [1.165, 1.54) is 0 Å². The molecule has 0 radical (unpaired) electrons. The van der Waals surface area contributed by atoms with Crippen molar-refractivity contribution in [3.05, 3.63) is 63.2 Å². The van der Waals surface area contributed by atoms with Gasteiger partial charge in [-0.15, -0.1) is 0 Å². The predicted molar refractivity (Wildman–Crippen MR) is 107 cm³/mol. The third kappa shape index (κ3) is 4.10. The molecule has 4 rings (SSSR count). The largest absolute Gasteiger partial charge is 0.424 e. The molecule has 0 bridgehead atoms. The lowest BCUT2D eigenvalue weighted by Gasteiger charge is -2.16. The van der Waals surface area contributed by atoms with Gasteiger partial charge >= 0.3 is 5.63 Å². The molecule has 3 heterocycles. The maximum absolute atomic E-state index is 12.6. The highest BCUT2D eigenvalue weighted by Gasteiger charge is 2.24. The Kier molecular flexibility index (Phi) is 5.49. The van der Waals surface area contributed by atoms with Gasteiger partial charge in [-0.3, -0.25) is 9.59 Å². The number of rotatable bonds is 5. The molecule has 29 heavy (non-hydrogen) atoms. The first-order valence-electron chi connectivity index (χ1n) is 9.96. The van der Waals surface area contributed by atoms with Gasteiger partial charge in [0.1, 0.15) is 17.4 Å². The molecule has 152 valence electrons. The number of nitrogens with one attached hydrogen (secondary N) is 1. The van der Waals surface area contributed by atoms with E-state index in [9.17, 15) is 14.4 Å². The molecular formula is C22H24N2O5. The molecule has 7 nitrogen and oxygen atoms in total. The van der Waals surface area contributed by atoms with Crippen molar-refractivity contribution in [2.75, 3.05) is 18.1 Å². The summed E-state index contributed by atoms with van der Waals surface area (Å²) in [6, 6.07) is 9.21. The van der Waals surface area contributed by atoms with Gasteiger partial charge in [-0.05, 0) is 55.5 Å². The standard InChI is InChI=1S/C22H24N2O5/c1-14-12-18(17-4-3-11-28-17)29-22(27)20(14)21(26)23-13-15-6-8-16(9-7-15)24-10-2-5-19(24)25/h6-9,12,17H,2-5,10-11,13H2,1H3,(H,23,26). The lowest BCUT2D eigenvalue weighted by atomic mass is 10.1. The quantitative estimate of drug-likeness (QED) is 0.840. The first-order valence-corrected chi connectivity index (χ1v) is 9.96. The lowest BCUT2D eigenvalue weighted by molar-refractivity contribution is -0.117. The molecule has 1 aromatic heterocycles. The van der Waals surface area contributed by atoms with Crippen molar-refractivity contribution < 1.29 is 18.7 Å². The predicted octanol–water partition coefficient (Wildman–Crippen LogP) is 2.86. The average Bonchev–Trinajstić information content (AvgIpc) is 3.38. The summed E-state index contributed by atoms with van der Waals surface area (Å²) in [7, 11) is 0. The lowest BCUT2D eigenvalue weighted by Crippen LogP contribution is -2.29. The van der Waals surface area contributed by atoms with Gasteiger partial charge in [0.15, 0.2) is 0 Å². The maximum Gasteiger partial charge on any atom is 0.349 e. The minimum Gasteiger partial charge on any atom is -0.424 e. The van der Waals surface area contributed by atoms with E-state index in [2.05, 4.69) is 5.32 Å². The van der Waals surface area contributed by atoms with Crippen LogP contribution in [0.2, 0.25) is 0 Å². The van der Waals surface area contributed by atoms with E-state index in [4.69, 9.17) is 9.15 Å². The minimum absolute atomic E-state index is 0.0195. The number of carbonyl (C=O) groups is 2. The monoisotopic (exact) mass is 396 g/mol. The second kappa shape index (κ2) is 8.21.